The molecule has 0 bridgehead atoms. The second-order valence-corrected chi connectivity index (χ2v) is 8.56. The molecule has 2 nitrogen and oxygen atoms in total. The molecule has 0 N–H and O–H groups in total. The third-order valence-corrected chi connectivity index (χ3v) is 4.71. The van der Waals surface area contributed by atoms with Crippen molar-refractivity contribution in [2.45, 2.75) is 96.8 Å². The van der Waals surface area contributed by atoms with Crippen molar-refractivity contribution in [3.63, 3.8) is 0 Å². The minimum atomic E-state index is 0. The van der Waals surface area contributed by atoms with Crippen LogP contribution in [0, 0.1) is 0 Å². The summed E-state index contributed by atoms with van der Waals surface area (Å²) in [7, 11) is 6.65. The van der Waals surface area contributed by atoms with Gasteiger partial charge in [-0.15, -0.1) is 0 Å². The zero-order chi connectivity index (χ0) is 18.6. The van der Waals surface area contributed by atoms with E-state index < -0.39 is 0 Å². The smallest absolute Gasteiger partial charge is 0.102 e. The minimum absolute atomic E-state index is 0. The van der Waals surface area contributed by atoms with E-state index in [1.165, 1.54) is 89.9 Å². The number of ether oxygens (including phenoxy) is 1. The van der Waals surface area contributed by atoms with Gasteiger partial charge in [0.25, 0.3) is 0 Å². The standard InChI is InChI=1S/C23H48NO.HI/c1-5-6-7-8-9-10-11-12-13-14-15-16-17-18-19-20-22-25-23-21-24(2,3)4;/h12-13H,5-11,14-23H2,1-4H3;1H/q+1;/p-1/b13-12-;. The highest BCUT2D eigenvalue weighted by atomic mass is 127. The number of hydrogen-bond donors (Lipinski definition) is 0. The summed E-state index contributed by atoms with van der Waals surface area (Å²) in [6.07, 6.45) is 23.9. The lowest BCUT2D eigenvalue weighted by Gasteiger charge is -2.23. The number of allylic oxidation sites excluding steroid dienone is 2. The average molecular weight is 482 g/mol. The first-order valence-corrected chi connectivity index (χ1v) is 11.1. The van der Waals surface area contributed by atoms with E-state index in [1.54, 1.807) is 0 Å². The summed E-state index contributed by atoms with van der Waals surface area (Å²) in [5.74, 6) is 0. The molecule has 3 heteroatoms. The van der Waals surface area contributed by atoms with E-state index in [0.29, 0.717) is 0 Å². The number of unbranched alkanes of at least 4 members (excludes halogenated alkanes) is 12. The summed E-state index contributed by atoms with van der Waals surface area (Å²) < 4.78 is 6.70. The fraction of sp³-hybridized carbons (Fsp3) is 0.913. The Morgan fingerprint density at radius 3 is 1.58 bits per heavy atom. The molecule has 0 atom stereocenters. The molecular formula is C23H48INO. The highest BCUT2D eigenvalue weighted by Crippen LogP contribution is 2.10. The van der Waals surface area contributed by atoms with Gasteiger partial charge in [0.15, 0.2) is 0 Å². The summed E-state index contributed by atoms with van der Waals surface area (Å²) in [4.78, 5) is 0. The second kappa shape index (κ2) is 21.7. The largest absolute Gasteiger partial charge is 1.00 e. The van der Waals surface area contributed by atoms with Crippen LogP contribution in [0.4, 0.5) is 0 Å². The van der Waals surface area contributed by atoms with Crippen molar-refractivity contribution in [3.8, 4) is 0 Å². The van der Waals surface area contributed by atoms with Gasteiger partial charge in [0.2, 0.25) is 0 Å². The molecule has 0 aromatic rings. The predicted molar refractivity (Wildman–Crippen MR) is 113 cm³/mol. The van der Waals surface area contributed by atoms with Gasteiger partial charge in [0.05, 0.1) is 27.7 Å². The van der Waals surface area contributed by atoms with Crippen LogP contribution in [0.25, 0.3) is 0 Å². The molecular weight excluding hydrogens is 433 g/mol. The summed E-state index contributed by atoms with van der Waals surface area (Å²) in [6.45, 7) is 5.23. The van der Waals surface area contributed by atoms with Crippen molar-refractivity contribution in [1.29, 1.82) is 0 Å². The van der Waals surface area contributed by atoms with E-state index in [1.807, 2.05) is 0 Å². The summed E-state index contributed by atoms with van der Waals surface area (Å²) in [5.41, 5.74) is 0. The van der Waals surface area contributed by atoms with Crippen molar-refractivity contribution in [3.05, 3.63) is 12.2 Å². The van der Waals surface area contributed by atoms with Gasteiger partial charge in [-0.1, -0.05) is 76.9 Å². The molecule has 0 aromatic heterocycles. The first kappa shape index (κ1) is 28.6. The summed E-state index contributed by atoms with van der Waals surface area (Å²) in [6, 6.07) is 0. The molecule has 0 spiro atoms. The van der Waals surface area contributed by atoms with E-state index in [4.69, 9.17) is 4.74 Å². The van der Waals surface area contributed by atoms with Crippen LogP contribution < -0.4 is 24.0 Å². The van der Waals surface area contributed by atoms with Gasteiger partial charge in [-0.2, -0.15) is 0 Å². The van der Waals surface area contributed by atoms with Crippen molar-refractivity contribution in [2.75, 3.05) is 40.9 Å². The van der Waals surface area contributed by atoms with E-state index >= 15 is 0 Å². The molecule has 26 heavy (non-hydrogen) atoms. The number of quaternary nitrogens is 1. The lowest BCUT2D eigenvalue weighted by molar-refractivity contribution is -0.870. The Morgan fingerprint density at radius 2 is 1.08 bits per heavy atom. The molecule has 0 saturated carbocycles. The van der Waals surface area contributed by atoms with Crippen molar-refractivity contribution in [2.24, 2.45) is 0 Å². The van der Waals surface area contributed by atoms with Gasteiger partial charge >= 0.3 is 0 Å². The molecule has 0 aliphatic heterocycles. The zero-order valence-corrected chi connectivity index (χ0v) is 20.6. The summed E-state index contributed by atoms with van der Waals surface area (Å²) in [5, 5.41) is 0. The van der Waals surface area contributed by atoms with Gasteiger partial charge in [-0.25, -0.2) is 0 Å². The van der Waals surface area contributed by atoms with Crippen LogP contribution in [0.2, 0.25) is 0 Å². The molecule has 0 aromatic carbocycles. The van der Waals surface area contributed by atoms with Gasteiger partial charge in [-0.3, -0.25) is 0 Å². The third-order valence-electron chi connectivity index (χ3n) is 4.71. The second-order valence-electron chi connectivity index (χ2n) is 8.56. The molecule has 0 rings (SSSR count). The van der Waals surface area contributed by atoms with E-state index in [-0.39, 0.29) is 24.0 Å². The molecule has 0 aliphatic carbocycles. The van der Waals surface area contributed by atoms with Crippen LogP contribution in [-0.4, -0.2) is 45.4 Å². The topological polar surface area (TPSA) is 9.23 Å². The monoisotopic (exact) mass is 481 g/mol. The maximum absolute atomic E-state index is 5.70. The Kier molecular flexibility index (Phi) is 23.9. The zero-order valence-electron chi connectivity index (χ0n) is 18.4. The fourth-order valence-corrected chi connectivity index (χ4v) is 2.89. The van der Waals surface area contributed by atoms with E-state index in [9.17, 15) is 0 Å². The lowest BCUT2D eigenvalue weighted by atomic mass is 10.1. The molecule has 158 valence electrons. The molecule has 0 aliphatic rings. The fourth-order valence-electron chi connectivity index (χ4n) is 2.89. The minimum Gasteiger partial charge on any atom is -1.00 e. The van der Waals surface area contributed by atoms with Crippen LogP contribution in [0.15, 0.2) is 12.2 Å². The average Bonchev–Trinajstić information content (AvgIpc) is 2.56. The number of nitrogens with zero attached hydrogens (tertiary/aromatic N) is 1. The highest BCUT2D eigenvalue weighted by Gasteiger charge is 2.05. The molecule has 0 radical (unpaired) electrons. The van der Waals surface area contributed by atoms with Crippen LogP contribution in [0.3, 0.4) is 0 Å². The molecule has 0 heterocycles. The van der Waals surface area contributed by atoms with Crippen molar-refractivity contribution < 1.29 is 33.2 Å². The normalized spacial score (nSPS) is 11.8. The maximum Gasteiger partial charge on any atom is 0.102 e. The van der Waals surface area contributed by atoms with Gasteiger partial charge in [-0.05, 0) is 32.1 Å². The van der Waals surface area contributed by atoms with Crippen LogP contribution >= 0.6 is 0 Å². The Labute approximate surface area is 182 Å². The maximum atomic E-state index is 5.70. The first-order chi connectivity index (χ1) is 12.1. The Hall–Kier alpha value is 0.390. The molecule has 0 amide bonds. The third kappa shape index (κ3) is 26.6. The SMILES string of the molecule is CCCCCCCC/C=C\CCCCCCCCOCC[N+](C)(C)C.[I-]. The Morgan fingerprint density at radius 1 is 0.615 bits per heavy atom. The van der Waals surface area contributed by atoms with Crippen LogP contribution in [0.5, 0.6) is 0 Å². The first-order valence-electron chi connectivity index (χ1n) is 11.1. The molecule has 0 fully saturated rings. The van der Waals surface area contributed by atoms with Gasteiger partial charge < -0.3 is 33.2 Å². The number of likely N-dealkylation sites (N-methyl/N-ethyl adjacent to an activating group) is 1. The molecule has 0 saturated heterocycles. The van der Waals surface area contributed by atoms with Crippen molar-refractivity contribution in [1.82, 2.24) is 0 Å². The van der Waals surface area contributed by atoms with Crippen LogP contribution in [-0.2, 0) is 4.74 Å². The number of halogens is 1. The quantitative estimate of drug-likeness (QED) is 0.118. The van der Waals surface area contributed by atoms with E-state index in [2.05, 4.69) is 40.2 Å². The number of hydrogen-bond acceptors (Lipinski definition) is 1. The predicted octanol–water partition coefficient (Wildman–Crippen LogP) is 3.75. The van der Waals surface area contributed by atoms with Crippen LogP contribution in [0.1, 0.15) is 96.8 Å². The van der Waals surface area contributed by atoms with Crippen molar-refractivity contribution >= 4 is 0 Å². The lowest BCUT2D eigenvalue weighted by Crippen LogP contribution is -3.00. The van der Waals surface area contributed by atoms with Gasteiger partial charge in [0, 0.05) is 6.61 Å². The Bertz CT molecular complexity index is 286. The summed E-state index contributed by atoms with van der Waals surface area (Å²) >= 11 is 0. The molecule has 0 unspecified atom stereocenters. The highest BCUT2D eigenvalue weighted by molar-refractivity contribution is 4.81. The van der Waals surface area contributed by atoms with Gasteiger partial charge in [0.1, 0.15) is 6.54 Å². The number of rotatable bonds is 19. The Balaban J connectivity index is 0. The van der Waals surface area contributed by atoms with E-state index in [0.717, 1.165) is 24.2 Å².